The number of carbonyl (C=O) groups excluding carboxylic acids is 2. The van der Waals surface area contributed by atoms with E-state index in [1.54, 1.807) is 20.8 Å². The molecule has 5 nitrogen and oxygen atoms in total. The summed E-state index contributed by atoms with van der Waals surface area (Å²) in [7, 11) is 0. The van der Waals surface area contributed by atoms with Crippen LogP contribution in [0.1, 0.15) is 60.5 Å². The number of allylic oxidation sites excluding steroid dienone is 1. The Kier molecular flexibility index (Phi) is 8.89. The van der Waals surface area contributed by atoms with Crippen molar-refractivity contribution in [3.63, 3.8) is 0 Å². The smallest absolute Gasteiger partial charge is 0.430 e. The van der Waals surface area contributed by atoms with Gasteiger partial charge in [-0.2, -0.15) is 0 Å². The molecule has 28 heavy (non-hydrogen) atoms. The molecule has 1 N–H and O–H groups in total. The first-order chi connectivity index (χ1) is 13.0. The Hall–Kier alpha value is -2.14. The lowest BCUT2D eigenvalue weighted by molar-refractivity contribution is -0.137. The van der Waals surface area contributed by atoms with Gasteiger partial charge in [0, 0.05) is 5.92 Å². The van der Waals surface area contributed by atoms with Gasteiger partial charge in [-0.05, 0) is 52.2 Å². The van der Waals surface area contributed by atoms with E-state index in [-0.39, 0.29) is 18.3 Å². The second kappa shape index (κ2) is 10.4. The van der Waals surface area contributed by atoms with Crippen molar-refractivity contribution >= 4 is 11.9 Å². The van der Waals surface area contributed by atoms with Crippen LogP contribution in [0, 0.1) is 11.3 Å². The first-order valence-corrected chi connectivity index (χ1v) is 9.79. The number of carbonyl (C=O) groups is 2. The number of rotatable bonds is 9. The number of Topliss-reactive ketones (excluding diaryl/α,β-unsaturated/α-hetero) is 1. The van der Waals surface area contributed by atoms with Crippen LogP contribution in [0.15, 0.2) is 41.5 Å². The molecule has 1 rings (SSSR count). The van der Waals surface area contributed by atoms with Gasteiger partial charge < -0.3 is 14.6 Å². The van der Waals surface area contributed by atoms with Crippen molar-refractivity contribution in [1.82, 2.24) is 0 Å². The van der Waals surface area contributed by atoms with Gasteiger partial charge in [0.15, 0.2) is 0 Å². The maximum atomic E-state index is 13.1. The number of ether oxygens (including phenoxy) is 2. The van der Waals surface area contributed by atoms with Crippen molar-refractivity contribution in [3.05, 3.63) is 47.0 Å². The predicted molar refractivity (Wildman–Crippen MR) is 110 cm³/mol. The summed E-state index contributed by atoms with van der Waals surface area (Å²) in [5, 5.41) is 9.80. The van der Waals surface area contributed by atoms with Crippen molar-refractivity contribution in [2.45, 2.75) is 73.7 Å². The molecule has 0 saturated carbocycles. The monoisotopic (exact) mass is 390 g/mol. The first kappa shape index (κ1) is 23.9. The second-order valence-corrected chi connectivity index (χ2v) is 7.89. The molecule has 0 aromatic heterocycles. The second-order valence-electron chi connectivity index (χ2n) is 7.89. The Balaban J connectivity index is 2.83. The highest BCUT2D eigenvalue weighted by Crippen LogP contribution is 2.33. The lowest BCUT2D eigenvalue weighted by atomic mass is 9.74. The molecule has 0 spiro atoms. The fourth-order valence-electron chi connectivity index (χ4n) is 3.19. The maximum absolute atomic E-state index is 13.1. The lowest BCUT2D eigenvalue weighted by Gasteiger charge is -2.34. The van der Waals surface area contributed by atoms with E-state index in [2.05, 4.69) is 0 Å². The van der Waals surface area contributed by atoms with E-state index in [0.717, 1.165) is 16.7 Å². The Bertz CT molecular complexity index is 688. The van der Waals surface area contributed by atoms with Gasteiger partial charge in [-0.3, -0.25) is 4.79 Å². The highest BCUT2D eigenvalue weighted by molar-refractivity contribution is 5.89. The zero-order valence-electron chi connectivity index (χ0n) is 18.1. The zero-order chi connectivity index (χ0) is 21.5. The average Bonchev–Trinajstić information content (AvgIpc) is 2.68. The minimum absolute atomic E-state index is 0.0345. The van der Waals surface area contributed by atoms with Crippen molar-refractivity contribution in [2.75, 3.05) is 0 Å². The molecule has 5 heteroatoms. The molecule has 1 aromatic carbocycles. The van der Waals surface area contributed by atoms with Crippen LogP contribution in [0.25, 0.3) is 0 Å². The Morgan fingerprint density at radius 1 is 1.07 bits per heavy atom. The molecule has 0 fully saturated rings. The van der Waals surface area contributed by atoms with Crippen LogP contribution in [0.3, 0.4) is 0 Å². The molecule has 1 aromatic rings. The molecular weight excluding hydrogens is 356 g/mol. The Morgan fingerprint density at radius 2 is 1.64 bits per heavy atom. The topological polar surface area (TPSA) is 72.8 Å². The van der Waals surface area contributed by atoms with Crippen LogP contribution in [0.4, 0.5) is 4.79 Å². The summed E-state index contributed by atoms with van der Waals surface area (Å²) in [6.07, 6.45) is -1.50. The molecule has 0 radical (unpaired) electrons. The molecule has 0 aliphatic heterocycles. The van der Waals surface area contributed by atoms with E-state index < -0.39 is 23.8 Å². The largest absolute Gasteiger partial charge is 0.508 e. The molecule has 0 bridgehead atoms. The molecule has 156 valence electrons. The highest BCUT2D eigenvalue weighted by atomic mass is 16.7. The van der Waals surface area contributed by atoms with E-state index in [0.29, 0.717) is 6.42 Å². The summed E-state index contributed by atoms with van der Waals surface area (Å²) in [6, 6.07) is 9.35. The highest BCUT2D eigenvalue weighted by Gasteiger charge is 2.41. The predicted octanol–water partition coefficient (Wildman–Crippen LogP) is 5.07. The van der Waals surface area contributed by atoms with Crippen molar-refractivity contribution < 1.29 is 24.2 Å². The standard InChI is InChI=1S/C23H34O5/c1-8-20(28-22(26)27-14-19-12-10-9-11-13-19)23(6,7)21(25)17(4)15(2)16(3)18(5)24/h9-13,17-18,20,24H,8,14H2,1-7H3/b16-15+/t17-,18?,20+/m1/s1. The summed E-state index contributed by atoms with van der Waals surface area (Å²) in [6.45, 7) is 12.8. The van der Waals surface area contributed by atoms with E-state index in [9.17, 15) is 14.7 Å². The van der Waals surface area contributed by atoms with Crippen LogP contribution in [-0.4, -0.2) is 29.3 Å². The molecule has 0 aliphatic rings. The van der Waals surface area contributed by atoms with E-state index in [4.69, 9.17) is 9.47 Å². The molecule has 3 atom stereocenters. The summed E-state index contributed by atoms with van der Waals surface area (Å²) >= 11 is 0. The van der Waals surface area contributed by atoms with E-state index >= 15 is 0 Å². The lowest BCUT2D eigenvalue weighted by Crippen LogP contribution is -2.43. The van der Waals surface area contributed by atoms with Gasteiger partial charge in [0.05, 0.1) is 11.5 Å². The van der Waals surface area contributed by atoms with Crippen LogP contribution < -0.4 is 0 Å². The normalized spacial score (nSPS) is 15.9. The number of benzene rings is 1. The number of hydrogen-bond acceptors (Lipinski definition) is 5. The third-order valence-electron chi connectivity index (χ3n) is 5.54. The molecule has 0 saturated heterocycles. The zero-order valence-corrected chi connectivity index (χ0v) is 18.1. The number of hydrogen-bond donors (Lipinski definition) is 1. The minimum atomic E-state index is -0.889. The van der Waals surface area contributed by atoms with Crippen molar-refractivity contribution in [1.29, 1.82) is 0 Å². The summed E-state index contributed by atoms with van der Waals surface area (Å²) in [5.41, 5.74) is 1.61. The van der Waals surface area contributed by atoms with Crippen molar-refractivity contribution in [3.8, 4) is 0 Å². The number of ketones is 1. The van der Waals surface area contributed by atoms with Crippen molar-refractivity contribution in [2.24, 2.45) is 11.3 Å². The Morgan fingerprint density at radius 3 is 2.14 bits per heavy atom. The fourth-order valence-corrected chi connectivity index (χ4v) is 3.19. The van der Waals surface area contributed by atoms with Crippen LogP contribution in [0.5, 0.6) is 0 Å². The molecule has 0 heterocycles. The number of aliphatic hydroxyl groups is 1. The molecule has 1 unspecified atom stereocenters. The van der Waals surface area contributed by atoms with Crippen LogP contribution in [0.2, 0.25) is 0 Å². The Labute approximate surface area is 168 Å². The van der Waals surface area contributed by atoms with Gasteiger partial charge in [-0.15, -0.1) is 0 Å². The summed E-state index contributed by atoms with van der Waals surface area (Å²) in [5.74, 6) is -0.421. The van der Waals surface area contributed by atoms with Gasteiger partial charge in [0.1, 0.15) is 18.5 Å². The van der Waals surface area contributed by atoms with Gasteiger partial charge in [-0.25, -0.2) is 4.79 Å². The molecule has 0 aliphatic carbocycles. The quantitative estimate of drug-likeness (QED) is 0.471. The first-order valence-electron chi connectivity index (χ1n) is 9.79. The third kappa shape index (κ3) is 6.20. The van der Waals surface area contributed by atoms with Gasteiger partial charge in [0.25, 0.3) is 0 Å². The van der Waals surface area contributed by atoms with Crippen LogP contribution >= 0.6 is 0 Å². The minimum Gasteiger partial charge on any atom is -0.430 e. The average molecular weight is 391 g/mol. The molecular formula is C23H34O5. The van der Waals surface area contributed by atoms with Gasteiger partial charge >= 0.3 is 6.16 Å². The SMILES string of the molecule is CC[C@H](OC(=O)OCc1ccccc1)C(C)(C)C(=O)[C@H](C)/C(C)=C(\C)C(C)O. The van der Waals surface area contributed by atoms with Gasteiger partial charge in [-0.1, -0.05) is 49.8 Å². The maximum Gasteiger partial charge on any atom is 0.508 e. The third-order valence-corrected chi connectivity index (χ3v) is 5.54. The van der Waals surface area contributed by atoms with Crippen LogP contribution in [-0.2, 0) is 20.9 Å². The fraction of sp³-hybridized carbons (Fsp3) is 0.565. The summed E-state index contributed by atoms with van der Waals surface area (Å²) in [4.78, 5) is 25.3. The van der Waals surface area contributed by atoms with E-state index in [1.165, 1.54) is 0 Å². The van der Waals surface area contributed by atoms with E-state index in [1.807, 2.05) is 58.0 Å². The number of aliphatic hydroxyl groups excluding tert-OH is 1. The molecule has 0 amide bonds. The summed E-state index contributed by atoms with van der Waals surface area (Å²) < 4.78 is 10.7. The van der Waals surface area contributed by atoms with Gasteiger partial charge in [0.2, 0.25) is 0 Å².